The zero-order valence-corrected chi connectivity index (χ0v) is 18.2. The number of anilines is 3. The third-order valence-electron chi connectivity index (χ3n) is 6.06. The molecule has 31 heavy (non-hydrogen) atoms. The van der Waals surface area contributed by atoms with E-state index in [1.54, 1.807) is 12.1 Å². The minimum atomic E-state index is -0.369. The van der Waals surface area contributed by atoms with Gasteiger partial charge in [-0.15, -0.1) is 0 Å². The van der Waals surface area contributed by atoms with Crippen LogP contribution >= 0.6 is 0 Å². The molecule has 0 spiro atoms. The number of carbonyl (C=O) groups excluding carboxylic acids is 1. The Balaban J connectivity index is 1.30. The van der Waals surface area contributed by atoms with Crippen molar-refractivity contribution in [1.29, 1.82) is 0 Å². The quantitative estimate of drug-likeness (QED) is 0.670. The Kier molecular flexibility index (Phi) is 6.53. The molecule has 0 bridgehead atoms. The molecule has 0 aliphatic heterocycles. The van der Waals surface area contributed by atoms with Gasteiger partial charge in [0.05, 0.1) is 5.69 Å². The molecular weight excluding hydrogens is 395 g/mol. The summed E-state index contributed by atoms with van der Waals surface area (Å²) in [5, 5.41) is 9.22. The number of nitrogens with one attached hydrogen (secondary N) is 3. The number of nitrogens with zero attached hydrogens (tertiary/aromatic N) is 3. The number of hydrogen-bond donors (Lipinski definition) is 3. The molecule has 2 aromatic rings. The molecule has 2 aliphatic rings. The minimum Gasteiger partial charge on any atom is -0.362 e. The normalized spacial score (nSPS) is 20.5. The second-order valence-electron chi connectivity index (χ2n) is 8.70. The molecular formula is C23H31FN6O. The maximum atomic E-state index is 13.3. The number of hydrogen-bond acceptors (Lipinski definition) is 5. The van der Waals surface area contributed by atoms with Crippen molar-refractivity contribution in [2.45, 2.75) is 63.5 Å². The molecule has 166 valence electrons. The van der Waals surface area contributed by atoms with Crippen molar-refractivity contribution in [1.82, 2.24) is 15.3 Å². The predicted molar refractivity (Wildman–Crippen MR) is 121 cm³/mol. The molecule has 2 amide bonds. The number of carbonyl (C=O) groups is 1. The first-order chi connectivity index (χ1) is 15.0. The van der Waals surface area contributed by atoms with Crippen molar-refractivity contribution >= 4 is 23.5 Å². The van der Waals surface area contributed by atoms with Crippen LogP contribution in [0, 0.1) is 5.82 Å². The van der Waals surface area contributed by atoms with Gasteiger partial charge in [0.1, 0.15) is 11.6 Å². The zero-order valence-electron chi connectivity index (χ0n) is 18.2. The standard InChI is InChI=1S/C23H31FN6O/c1-30(2)21-19-8-3-4-9-20(19)28-22(29-21)25-16-10-12-17(13-11-16)26-23(31)27-18-7-5-6-15(24)14-18/h5-7,14,16-17H,3-4,8-13H2,1-2H3,(H,25,28,29)(H2,26,27,31). The van der Waals surface area contributed by atoms with Crippen LogP contribution in [-0.2, 0) is 12.8 Å². The molecule has 7 nitrogen and oxygen atoms in total. The van der Waals surface area contributed by atoms with Crippen molar-refractivity contribution in [3.63, 3.8) is 0 Å². The van der Waals surface area contributed by atoms with E-state index >= 15 is 0 Å². The smallest absolute Gasteiger partial charge is 0.319 e. The fourth-order valence-corrected chi connectivity index (χ4v) is 4.49. The first-order valence-corrected chi connectivity index (χ1v) is 11.1. The molecule has 0 radical (unpaired) electrons. The van der Waals surface area contributed by atoms with Crippen molar-refractivity contribution in [3.8, 4) is 0 Å². The zero-order chi connectivity index (χ0) is 21.8. The lowest BCUT2D eigenvalue weighted by Gasteiger charge is -2.30. The molecule has 1 aromatic carbocycles. The molecule has 3 N–H and O–H groups in total. The fourth-order valence-electron chi connectivity index (χ4n) is 4.49. The lowest BCUT2D eigenvalue weighted by Crippen LogP contribution is -2.42. The second-order valence-corrected chi connectivity index (χ2v) is 8.70. The number of aromatic nitrogens is 2. The molecule has 1 saturated carbocycles. The van der Waals surface area contributed by atoms with Gasteiger partial charge in [-0.05, 0) is 69.6 Å². The molecule has 8 heteroatoms. The number of aryl methyl sites for hydroxylation is 1. The number of rotatable bonds is 5. The summed E-state index contributed by atoms with van der Waals surface area (Å²) in [6.07, 6.45) is 8.07. The molecule has 2 aliphatic carbocycles. The topological polar surface area (TPSA) is 82.2 Å². The Labute approximate surface area is 182 Å². The van der Waals surface area contributed by atoms with Gasteiger partial charge >= 0.3 is 6.03 Å². The summed E-state index contributed by atoms with van der Waals surface area (Å²) in [5.41, 5.74) is 2.92. The van der Waals surface area contributed by atoms with Gasteiger partial charge in [0.25, 0.3) is 0 Å². The highest BCUT2D eigenvalue weighted by Gasteiger charge is 2.25. The SMILES string of the molecule is CN(C)c1nc(NC2CCC(NC(=O)Nc3cccc(F)c3)CC2)nc2c1CCCC2. The van der Waals surface area contributed by atoms with Crippen LogP contribution in [0.5, 0.6) is 0 Å². The summed E-state index contributed by atoms with van der Waals surface area (Å²) in [5.74, 6) is 1.37. The molecule has 4 rings (SSSR count). The second kappa shape index (κ2) is 9.49. The van der Waals surface area contributed by atoms with Gasteiger partial charge in [0, 0.05) is 37.4 Å². The average Bonchev–Trinajstić information content (AvgIpc) is 2.74. The van der Waals surface area contributed by atoms with Crippen LogP contribution in [0.25, 0.3) is 0 Å². The average molecular weight is 427 g/mol. The monoisotopic (exact) mass is 426 g/mol. The first kappa shape index (κ1) is 21.3. The Bertz CT molecular complexity index is 926. The molecule has 0 atom stereocenters. The van der Waals surface area contributed by atoms with Crippen LogP contribution in [0.3, 0.4) is 0 Å². The largest absolute Gasteiger partial charge is 0.362 e. The number of benzene rings is 1. The van der Waals surface area contributed by atoms with E-state index in [0.29, 0.717) is 17.7 Å². The number of halogens is 1. The van der Waals surface area contributed by atoms with E-state index in [0.717, 1.165) is 44.3 Å². The van der Waals surface area contributed by atoms with E-state index in [2.05, 4.69) is 20.9 Å². The summed E-state index contributed by atoms with van der Waals surface area (Å²) in [7, 11) is 4.07. The van der Waals surface area contributed by atoms with Crippen molar-refractivity contribution in [2.75, 3.05) is 29.6 Å². The molecule has 1 aromatic heterocycles. The Hall–Kier alpha value is -2.90. The summed E-state index contributed by atoms with van der Waals surface area (Å²) < 4.78 is 13.3. The predicted octanol–water partition coefficient (Wildman–Crippen LogP) is 4.11. The van der Waals surface area contributed by atoms with Crippen LogP contribution < -0.4 is 20.9 Å². The molecule has 0 unspecified atom stereocenters. The van der Waals surface area contributed by atoms with Crippen LogP contribution in [0.1, 0.15) is 49.8 Å². The minimum absolute atomic E-state index is 0.105. The molecule has 0 saturated heterocycles. The summed E-state index contributed by atoms with van der Waals surface area (Å²) in [6.45, 7) is 0. The van der Waals surface area contributed by atoms with Crippen molar-refractivity contribution < 1.29 is 9.18 Å². The number of fused-ring (bicyclic) bond motifs is 1. The third-order valence-corrected chi connectivity index (χ3v) is 6.06. The highest BCUT2D eigenvalue weighted by Crippen LogP contribution is 2.29. The van der Waals surface area contributed by atoms with Crippen molar-refractivity contribution in [3.05, 3.63) is 41.3 Å². The Morgan fingerprint density at radius 1 is 1.06 bits per heavy atom. The number of amides is 2. The van der Waals surface area contributed by atoms with E-state index < -0.39 is 0 Å². The van der Waals surface area contributed by atoms with Crippen LogP contribution in [0.15, 0.2) is 24.3 Å². The van der Waals surface area contributed by atoms with E-state index in [4.69, 9.17) is 9.97 Å². The lowest BCUT2D eigenvalue weighted by molar-refractivity contribution is 0.243. The lowest BCUT2D eigenvalue weighted by atomic mass is 9.91. The highest BCUT2D eigenvalue weighted by molar-refractivity contribution is 5.89. The Morgan fingerprint density at radius 3 is 2.55 bits per heavy atom. The highest BCUT2D eigenvalue weighted by atomic mass is 19.1. The van der Waals surface area contributed by atoms with Gasteiger partial charge < -0.3 is 20.9 Å². The summed E-state index contributed by atoms with van der Waals surface area (Å²) in [6, 6.07) is 6.01. The van der Waals surface area contributed by atoms with Gasteiger partial charge in [0.15, 0.2) is 0 Å². The fraction of sp³-hybridized carbons (Fsp3) is 0.522. The third kappa shape index (κ3) is 5.42. The Morgan fingerprint density at radius 2 is 1.81 bits per heavy atom. The van der Waals surface area contributed by atoms with Crippen LogP contribution in [0.4, 0.5) is 26.6 Å². The van der Waals surface area contributed by atoms with Crippen LogP contribution in [0.2, 0.25) is 0 Å². The van der Waals surface area contributed by atoms with E-state index in [1.807, 2.05) is 14.1 Å². The van der Waals surface area contributed by atoms with Gasteiger partial charge in [-0.2, -0.15) is 4.98 Å². The van der Waals surface area contributed by atoms with Crippen molar-refractivity contribution in [2.24, 2.45) is 0 Å². The number of urea groups is 1. The maximum Gasteiger partial charge on any atom is 0.319 e. The van der Waals surface area contributed by atoms with Gasteiger partial charge in [-0.1, -0.05) is 6.07 Å². The summed E-state index contributed by atoms with van der Waals surface area (Å²) >= 11 is 0. The molecule has 1 fully saturated rings. The van der Waals surface area contributed by atoms with E-state index in [9.17, 15) is 9.18 Å². The summed E-state index contributed by atoms with van der Waals surface area (Å²) in [4.78, 5) is 23.9. The van der Waals surface area contributed by atoms with E-state index in [-0.39, 0.29) is 17.9 Å². The maximum absolute atomic E-state index is 13.3. The van der Waals surface area contributed by atoms with Gasteiger partial charge in [0.2, 0.25) is 5.95 Å². The van der Waals surface area contributed by atoms with E-state index in [1.165, 1.54) is 36.2 Å². The molecule has 1 heterocycles. The van der Waals surface area contributed by atoms with Gasteiger partial charge in [-0.3, -0.25) is 0 Å². The van der Waals surface area contributed by atoms with Crippen LogP contribution in [-0.4, -0.2) is 42.2 Å². The first-order valence-electron chi connectivity index (χ1n) is 11.1. The van der Waals surface area contributed by atoms with Gasteiger partial charge in [-0.25, -0.2) is 14.2 Å².